The summed E-state index contributed by atoms with van der Waals surface area (Å²) in [4.78, 5) is 0. The average Bonchev–Trinajstić information content (AvgIpc) is 2.81. The zero-order chi connectivity index (χ0) is 14.0. The van der Waals surface area contributed by atoms with E-state index in [1.54, 1.807) is 0 Å². The highest BCUT2D eigenvalue weighted by molar-refractivity contribution is 5.84. The van der Waals surface area contributed by atoms with Gasteiger partial charge in [-0.2, -0.15) is 5.10 Å². The molecule has 19 heavy (non-hydrogen) atoms. The normalized spacial score (nSPS) is 11.7. The topological polar surface area (TPSA) is 17.8 Å². The van der Waals surface area contributed by atoms with Gasteiger partial charge >= 0.3 is 0 Å². The SMILES string of the molecule is C=Cc1c(C)ccc(C)c1/C=C(\C)c1cnn(C)c1. The Morgan fingerprint density at radius 2 is 1.84 bits per heavy atom. The monoisotopic (exact) mass is 252 g/mol. The van der Waals surface area contributed by atoms with Gasteiger partial charge in [-0.05, 0) is 48.6 Å². The third-order valence-corrected chi connectivity index (χ3v) is 3.45. The van der Waals surface area contributed by atoms with Gasteiger partial charge in [0.25, 0.3) is 0 Å². The Bertz CT molecular complexity index is 645. The zero-order valence-electron chi connectivity index (χ0n) is 12.1. The van der Waals surface area contributed by atoms with Crippen molar-refractivity contribution in [3.05, 3.63) is 58.9 Å². The fourth-order valence-electron chi connectivity index (χ4n) is 2.24. The van der Waals surface area contributed by atoms with Gasteiger partial charge in [0.15, 0.2) is 0 Å². The van der Waals surface area contributed by atoms with Gasteiger partial charge in [0, 0.05) is 18.8 Å². The summed E-state index contributed by atoms with van der Waals surface area (Å²) in [7, 11) is 1.93. The largest absolute Gasteiger partial charge is 0.275 e. The molecule has 0 saturated heterocycles. The maximum Gasteiger partial charge on any atom is 0.0564 e. The number of rotatable bonds is 3. The summed E-state index contributed by atoms with van der Waals surface area (Å²) >= 11 is 0. The van der Waals surface area contributed by atoms with E-state index >= 15 is 0 Å². The molecule has 0 aliphatic heterocycles. The van der Waals surface area contributed by atoms with Crippen molar-refractivity contribution in [2.45, 2.75) is 20.8 Å². The number of hydrogen-bond acceptors (Lipinski definition) is 1. The molecule has 1 aromatic carbocycles. The summed E-state index contributed by atoms with van der Waals surface area (Å²) in [6.07, 6.45) is 8.08. The third kappa shape index (κ3) is 2.68. The van der Waals surface area contributed by atoms with Crippen LogP contribution in [0.1, 0.15) is 34.7 Å². The Morgan fingerprint density at radius 1 is 1.21 bits per heavy atom. The molecule has 0 atom stereocenters. The maximum absolute atomic E-state index is 4.22. The first kappa shape index (κ1) is 13.3. The second-order valence-corrected chi connectivity index (χ2v) is 4.96. The molecule has 0 aliphatic rings. The highest BCUT2D eigenvalue weighted by Gasteiger charge is 2.06. The maximum atomic E-state index is 4.22. The number of nitrogens with zero attached hydrogens (tertiary/aromatic N) is 2. The second kappa shape index (κ2) is 5.27. The highest BCUT2D eigenvalue weighted by Crippen LogP contribution is 2.25. The van der Waals surface area contributed by atoms with Crippen LogP contribution in [0.15, 0.2) is 31.1 Å². The summed E-state index contributed by atoms with van der Waals surface area (Å²) in [5, 5.41) is 4.22. The lowest BCUT2D eigenvalue weighted by Crippen LogP contribution is -1.91. The first-order valence-corrected chi connectivity index (χ1v) is 6.43. The van der Waals surface area contributed by atoms with Crippen molar-refractivity contribution in [3.8, 4) is 0 Å². The highest BCUT2D eigenvalue weighted by atomic mass is 15.2. The fourth-order valence-corrected chi connectivity index (χ4v) is 2.24. The summed E-state index contributed by atoms with van der Waals surface area (Å²) in [6, 6.07) is 4.30. The van der Waals surface area contributed by atoms with E-state index in [0.717, 1.165) is 5.56 Å². The number of aromatic nitrogens is 2. The predicted molar refractivity (Wildman–Crippen MR) is 82.8 cm³/mol. The van der Waals surface area contributed by atoms with Crippen LogP contribution in [0.2, 0.25) is 0 Å². The standard InChI is InChI=1S/C17H20N2/c1-6-16-12(2)7-8-13(3)17(16)9-14(4)15-10-18-19(5)11-15/h6-11H,1H2,2-5H3/b14-9+. The van der Waals surface area contributed by atoms with E-state index < -0.39 is 0 Å². The minimum atomic E-state index is 1.15. The molecule has 0 N–H and O–H groups in total. The van der Waals surface area contributed by atoms with Crippen LogP contribution in [0.5, 0.6) is 0 Å². The number of benzene rings is 1. The Labute approximate surface area is 115 Å². The minimum Gasteiger partial charge on any atom is -0.275 e. The Kier molecular flexibility index (Phi) is 3.70. The molecule has 0 unspecified atom stereocenters. The van der Waals surface area contributed by atoms with Crippen LogP contribution in [0.25, 0.3) is 17.7 Å². The third-order valence-electron chi connectivity index (χ3n) is 3.45. The molecular formula is C17H20N2. The van der Waals surface area contributed by atoms with Gasteiger partial charge in [0.05, 0.1) is 6.20 Å². The lowest BCUT2D eigenvalue weighted by atomic mass is 9.95. The van der Waals surface area contributed by atoms with E-state index in [-0.39, 0.29) is 0 Å². The number of allylic oxidation sites excluding steroid dienone is 1. The van der Waals surface area contributed by atoms with E-state index in [1.807, 2.05) is 30.2 Å². The van der Waals surface area contributed by atoms with Crippen molar-refractivity contribution in [2.24, 2.45) is 7.05 Å². The first-order valence-electron chi connectivity index (χ1n) is 6.43. The summed E-state index contributed by atoms with van der Waals surface area (Å²) in [5.74, 6) is 0. The van der Waals surface area contributed by atoms with Crippen molar-refractivity contribution < 1.29 is 0 Å². The van der Waals surface area contributed by atoms with Crippen LogP contribution in [0, 0.1) is 13.8 Å². The molecule has 0 bridgehead atoms. The quantitative estimate of drug-likeness (QED) is 0.799. The van der Waals surface area contributed by atoms with Crippen molar-refractivity contribution in [1.82, 2.24) is 9.78 Å². The van der Waals surface area contributed by atoms with Crippen molar-refractivity contribution >= 4 is 17.7 Å². The molecule has 2 nitrogen and oxygen atoms in total. The van der Waals surface area contributed by atoms with Gasteiger partial charge in [-0.1, -0.05) is 30.9 Å². The molecule has 0 aliphatic carbocycles. The van der Waals surface area contributed by atoms with Crippen LogP contribution in [0.4, 0.5) is 0 Å². The Balaban J connectivity index is 2.53. The van der Waals surface area contributed by atoms with Gasteiger partial charge in [0.2, 0.25) is 0 Å². The minimum absolute atomic E-state index is 1.15. The molecule has 2 heteroatoms. The van der Waals surface area contributed by atoms with Gasteiger partial charge in [0.1, 0.15) is 0 Å². The van der Waals surface area contributed by atoms with Crippen molar-refractivity contribution in [3.63, 3.8) is 0 Å². The van der Waals surface area contributed by atoms with E-state index in [4.69, 9.17) is 0 Å². The van der Waals surface area contributed by atoms with Gasteiger partial charge in [-0.3, -0.25) is 4.68 Å². The molecule has 1 aromatic heterocycles. The van der Waals surface area contributed by atoms with Gasteiger partial charge < -0.3 is 0 Å². The smallest absolute Gasteiger partial charge is 0.0564 e. The second-order valence-electron chi connectivity index (χ2n) is 4.96. The molecule has 2 aromatic rings. The van der Waals surface area contributed by atoms with Gasteiger partial charge in [-0.15, -0.1) is 0 Å². The van der Waals surface area contributed by atoms with Crippen LogP contribution >= 0.6 is 0 Å². The Morgan fingerprint density at radius 3 is 2.37 bits per heavy atom. The van der Waals surface area contributed by atoms with E-state index in [1.165, 1.54) is 27.8 Å². The van der Waals surface area contributed by atoms with Crippen LogP contribution in [0.3, 0.4) is 0 Å². The van der Waals surface area contributed by atoms with Crippen molar-refractivity contribution in [1.29, 1.82) is 0 Å². The van der Waals surface area contributed by atoms with E-state index in [9.17, 15) is 0 Å². The van der Waals surface area contributed by atoms with E-state index in [2.05, 4.69) is 50.7 Å². The molecular weight excluding hydrogens is 232 g/mol. The van der Waals surface area contributed by atoms with E-state index in [0.29, 0.717) is 0 Å². The van der Waals surface area contributed by atoms with Crippen LogP contribution in [-0.4, -0.2) is 9.78 Å². The lowest BCUT2D eigenvalue weighted by Gasteiger charge is -2.10. The molecule has 0 saturated carbocycles. The van der Waals surface area contributed by atoms with Crippen LogP contribution < -0.4 is 0 Å². The molecule has 2 rings (SSSR count). The summed E-state index contributed by atoms with van der Waals surface area (Å²) in [6.45, 7) is 10.3. The lowest BCUT2D eigenvalue weighted by molar-refractivity contribution is 0.767. The van der Waals surface area contributed by atoms with Crippen molar-refractivity contribution in [2.75, 3.05) is 0 Å². The number of hydrogen-bond donors (Lipinski definition) is 0. The average molecular weight is 252 g/mol. The summed E-state index contributed by atoms with van der Waals surface area (Å²) in [5.41, 5.74) is 7.34. The molecule has 0 fully saturated rings. The summed E-state index contributed by atoms with van der Waals surface area (Å²) < 4.78 is 1.82. The predicted octanol–water partition coefficient (Wildman–Crippen LogP) is 4.24. The Hall–Kier alpha value is -2.09. The molecule has 0 spiro atoms. The first-order chi connectivity index (χ1) is 9.02. The van der Waals surface area contributed by atoms with Crippen LogP contribution in [-0.2, 0) is 7.05 Å². The van der Waals surface area contributed by atoms with Gasteiger partial charge in [-0.25, -0.2) is 0 Å². The molecule has 0 radical (unpaired) electrons. The molecule has 0 amide bonds. The zero-order valence-corrected chi connectivity index (χ0v) is 12.1. The fraction of sp³-hybridized carbons (Fsp3) is 0.235. The molecule has 98 valence electrons. The molecule has 1 heterocycles. The number of aryl methyl sites for hydroxylation is 3.